The van der Waals surface area contributed by atoms with Gasteiger partial charge in [-0.15, -0.1) is 0 Å². The second kappa shape index (κ2) is 9.15. The number of nitrogens with one attached hydrogen (secondary N) is 1. The van der Waals surface area contributed by atoms with Gasteiger partial charge in [0.25, 0.3) is 5.91 Å². The lowest BCUT2D eigenvalue weighted by atomic mass is 10.0. The smallest absolute Gasteiger partial charge is 0.337 e. The highest BCUT2D eigenvalue weighted by Crippen LogP contribution is 2.10. The van der Waals surface area contributed by atoms with Gasteiger partial charge in [0, 0.05) is 12.0 Å². The van der Waals surface area contributed by atoms with Crippen molar-refractivity contribution in [2.45, 2.75) is 12.5 Å². The van der Waals surface area contributed by atoms with Crippen LogP contribution in [-0.4, -0.2) is 38.1 Å². The molecule has 0 fully saturated rings. The maximum atomic E-state index is 12.5. The first-order valence-corrected chi connectivity index (χ1v) is 8.04. The van der Waals surface area contributed by atoms with Crippen molar-refractivity contribution in [3.63, 3.8) is 0 Å². The molecule has 0 saturated carbocycles. The standard InChI is InChI=1S/C20H18N2O5/c1-26-19(24)16-5-3-4-15(11-16)18(23)22-17(20(25)27-2)10-13-6-8-14(12-21)9-7-13/h3-9,11,17H,10H2,1-2H3,(H,22,23)/t17-/m1/s1. The quantitative estimate of drug-likeness (QED) is 0.782. The minimum atomic E-state index is -0.919. The molecule has 7 heteroatoms. The number of methoxy groups -OCH3 is 2. The zero-order valence-electron chi connectivity index (χ0n) is 14.9. The van der Waals surface area contributed by atoms with E-state index < -0.39 is 23.9 Å². The Kier molecular flexibility index (Phi) is 6.67. The molecule has 0 heterocycles. The van der Waals surface area contributed by atoms with Gasteiger partial charge in [0.05, 0.1) is 31.4 Å². The van der Waals surface area contributed by atoms with Gasteiger partial charge in [0.1, 0.15) is 6.04 Å². The van der Waals surface area contributed by atoms with Crippen LogP contribution in [0.15, 0.2) is 48.5 Å². The molecule has 2 aromatic carbocycles. The van der Waals surface area contributed by atoms with Crippen molar-refractivity contribution >= 4 is 17.8 Å². The van der Waals surface area contributed by atoms with E-state index in [1.54, 1.807) is 30.3 Å². The predicted molar refractivity (Wildman–Crippen MR) is 95.9 cm³/mol. The molecule has 0 aliphatic rings. The summed E-state index contributed by atoms with van der Waals surface area (Å²) in [5.74, 6) is -1.69. The lowest BCUT2D eigenvalue weighted by Crippen LogP contribution is -2.43. The normalized spacial score (nSPS) is 11.0. The Bertz CT molecular complexity index is 884. The van der Waals surface area contributed by atoms with Crippen LogP contribution in [0.5, 0.6) is 0 Å². The average molecular weight is 366 g/mol. The van der Waals surface area contributed by atoms with Crippen LogP contribution in [0.3, 0.4) is 0 Å². The van der Waals surface area contributed by atoms with Crippen LogP contribution in [0.25, 0.3) is 0 Å². The summed E-state index contributed by atoms with van der Waals surface area (Å²) in [6.45, 7) is 0. The Morgan fingerprint density at radius 2 is 1.70 bits per heavy atom. The van der Waals surface area contributed by atoms with Crippen molar-refractivity contribution < 1.29 is 23.9 Å². The Labute approximate surface area is 156 Å². The molecule has 138 valence electrons. The summed E-state index contributed by atoms with van der Waals surface area (Å²) in [6, 6.07) is 13.8. The molecule has 7 nitrogen and oxygen atoms in total. The first-order chi connectivity index (χ1) is 13.0. The molecule has 0 spiro atoms. The molecule has 1 amide bonds. The molecule has 0 aliphatic carbocycles. The number of nitrogens with zero attached hydrogens (tertiary/aromatic N) is 1. The number of esters is 2. The maximum Gasteiger partial charge on any atom is 0.337 e. The minimum Gasteiger partial charge on any atom is -0.467 e. The van der Waals surface area contributed by atoms with E-state index >= 15 is 0 Å². The van der Waals surface area contributed by atoms with Crippen LogP contribution in [0, 0.1) is 11.3 Å². The summed E-state index contributed by atoms with van der Waals surface area (Å²) in [4.78, 5) is 36.2. The Balaban J connectivity index is 2.17. The lowest BCUT2D eigenvalue weighted by Gasteiger charge is -2.17. The molecular weight excluding hydrogens is 348 g/mol. The van der Waals surface area contributed by atoms with E-state index in [4.69, 9.17) is 10.00 Å². The molecule has 1 N–H and O–H groups in total. The van der Waals surface area contributed by atoms with Crippen LogP contribution in [0.2, 0.25) is 0 Å². The highest BCUT2D eigenvalue weighted by Gasteiger charge is 2.23. The third-order valence-corrected chi connectivity index (χ3v) is 3.86. The molecule has 2 aromatic rings. The first-order valence-electron chi connectivity index (χ1n) is 8.04. The molecule has 2 rings (SSSR count). The van der Waals surface area contributed by atoms with E-state index in [1.165, 1.54) is 32.4 Å². The summed E-state index contributed by atoms with van der Waals surface area (Å²) in [5.41, 5.74) is 1.70. The van der Waals surface area contributed by atoms with Crippen molar-refractivity contribution in [2.24, 2.45) is 0 Å². The monoisotopic (exact) mass is 366 g/mol. The van der Waals surface area contributed by atoms with Gasteiger partial charge in [0.15, 0.2) is 0 Å². The fourth-order valence-electron chi connectivity index (χ4n) is 2.43. The largest absolute Gasteiger partial charge is 0.467 e. The number of hydrogen-bond donors (Lipinski definition) is 1. The third-order valence-electron chi connectivity index (χ3n) is 3.86. The summed E-state index contributed by atoms with van der Waals surface area (Å²) in [7, 11) is 2.48. The Morgan fingerprint density at radius 1 is 1.04 bits per heavy atom. The molecule has 0 aliphatic heterocycles. The van der Waals surface area contributed by atoms with Gasteiger partial charge in [-0.3, -0.25) is 4.79 Å². The van der Waals surface area contributed by atoms with Gasteiger partial charge in [-0.25, -0.2) is 9.59 Å². The Morgan fingerprint density at radius 3 is 2.30 bits per heavy atom. The molecule has 27 heavy (non-hydrogen) atoms. The summed E-state index contributed by atoms with van der Waals surface area (Å²) in [5, 5.41) is 11.5. The van der Waals surface area contributed by atoms with Crippen LogP contribution in [0.1, 0.15) is 31.8 Å². The summed E-state index contributed by atoms with van der Waals surface area (Å²) in [6.07, 6.45) is 0.195. The minimum absolute atomic E-state index is 0.195. The number of nitriles is 1. The average Bonchev–Trinajstić information content (AvgIpc) is 2.72. The van der Waals surface area contributed by atoms with Gasteiger partial charge in [-0.1, -0.05) is 18.2 Å². The van der Waals surface area contributed by atoms with Crippen LogP contribution in [-0.2, 0) is 20.7 Å². The van der Waals surface area contributed by atoms with E-state index in [1.807, 2.05) is 6.07 Å². The third kappa shape index (κ3) is 5.16. The maximum absolute atomic E-state index is 12.5. The second-order valence-corrected chi connectivity index (χ2v) is 5.63. The van der Waals surface area contributed by atoms with Crippen LogP contribution in [0.4, 0.5) is 0 Å². The van der Waals surface area contributed by atoms with E-state index in [0.717, 1.165) is 5.56 Å². The van der Waals surface area contributed by atoms with E-state index in [2.05, 4.69) is 10.1 Å². The fourth-order valence-corrected chi connectivity index (χ4v) is 2.43. The number of benzene rings is 2. The number of hydrogen-bond acceptors (Lipinski definition) is 6. The molecule has 0 unspecified atom stereocenters. The first kappa shape index (κ1) is 19.7. The predicted octanol–water partition coefficient (Wildman–Crippen LogP) is 1.86. The molecule has 0 saturated heterocycles. The number of rotatable bonds is 6. The second-order valence-electron chi connectivity index (χ2n) is 5.63. The Hall–Kier alpha value is -3.66. The lowest BCUT2D eigenvalue weighted by molar-refractivity contribution is -0.142. The van der Waals surface area contributed by atoms with E-state index in [9.17, 15) is 14.4 Å². The summed E-state index contributed by atoms with van der Waals surface area (Å²) >= 11 is 0. The molecule has 0 bridgehead atoms. The highest BCUT2D eigenvalue weighted by atomic mass is 16.5. The van der Waals surface area contributed by atoms with Gasteiger partial charge < -0.3 is 14.8 Å². The van der Waals surface area contributed by atoms with E-state index in [-0.39, 0.29) is 17.5 Å². The van der Waals surface area contributed by atoms with Crippen LogP contribution >= 0.6 is 0 Å². The van der Waals surface area contributed by atoms with Gasteiger partial charge in [-0.05, 0) is 35.9 Å². The number of ether oxygens (including phenoxy) is 2. The van der Waals surface area contributed by atoms with Crippen molar-refractivity contribution in [1.82, 2.24) is 5.32 Å². The van der Waals surface area contributed by atoms with Gasteiger partial charge in [0.2, 0.25) is 0 Å². The van der Waals surface area contributed by atoms with Crippen molar-refractivity contribution in [1.29, 1.82) is 5.26 Å². The van der Waals surface area contributed by atoms with Gasteiger partial charge in [-0.2, -0.15) is 5.26 Å². The van der Waals surface area contributed by atoms with Crippen LogP contribution < -0.4 is 5.32 Å². The summed E-state index contributed by atoms with van der Waals surface area (Å²) < 4.78 is 9.40. The number of carbonyl (C=O) groups is 3. The molecule has 0 aromatic heterocycles. The van der Waals surface area contributed by atoms with Crippen molar-refractivity contribution in [3.8, 4) is 6.07 Å². The van der Waals surface area contributed by atoms with Crippen molar-refractivity contribution in [3.05, 3.63) is 70.8 Å². The van der Waals surface area contributed by atoms with Crippen molar-refractivity contribution in [2.75, 3.05) is 14.2 Å². The number of carbonyl (C=O) groups excluding carboxylic acids is 3. The SMILES string of the molecule is COC(=O)c1cccc(C(=O)N[C@H](Cc2ccc(C#N)cc2)C(=O)OC)c1. The van der Waals surface area contributed by atoms with E-state index in [0.29, 0.717) is 5.56 Å². The molecule has 0 radical (unpaired) electrons. The van der Waals surface area contributed by atoms with Gasteiger partial charge >= 0.3 is 11.9 Å². The fraction of sp³-hybridized carbons (Fsp3) is 0.200. The zero-order valence-corrected chi connectivity index (χ0v) is 14.9. The molecular formula is C20H18N2O5. The number of amides is 1. The zero-order chi connectivity index (χ0) is 19.8. The molecule has 1 atom stereocenters. The highest BCUT2D eigenvalue weighted by molar-refractivity contribution is 5.99. The topological polar surface area (TPSA) is 105 Å².